The maximum absolute atomic E-state index is 12.5. The lowest BCUT2D eigenvalue weighted by Gasteiger charge is -2.22. The molecule has 3 aromatic rings. The van der Waals surface area contributed by atoms with Crippen molar-refractivity contribution in [3.8, 4) is 0 Å². The molecule has 0 spiro atoms. The molecule has 0 unspecified atom stereocenters. The summed E-state index contributed by atoms with van der Waals surface area (Å²) < 4.78 is 0. The Hall–Kier alpha value is -3.28. The van der Waals surface area contributed by atoms with Crippen LogP contribution in [0.1, 0.15) is 42.4 Å². The number of benzene rings is 1. The summed E-state index contributed by atoms with van der Waals surface area (Å²) in [5.74, 6) is 0.323. The molecule has 2 N–H and O–H groups in total. The molecule has 0 aliphatic heterocycles. The lowest BCUT2D eigenvalue weighted by atomic mass is 9.86. The topological polar surface area (TPSA) is 79.8 Å². The highest BCUT2D eigenvalue weighted by molar-refractivity contribution is 6.03. The Morgan fingerprint density at radius 1 is 1.00 bits per heavy atom. The van der Waals surface area contributed by atoms with Gasteiger partial charge in [-0.2, -0.15) is 0 Å². The minimum Gasteiger partial charge on any atom is -0.365 e. The van der Waals surface area contributed by atoms with Crippen LogP contribution in [0.4, 0.5) is 11.5 Å². The van der Waals surface area contributed by atoms with Gasteiger partial charge in [0.05, 0.1) is 12.4 Å². The van der Waals surface area contributed by atoms with Crippen LogP contribution in [0.25, 0.3) is 0 Å². The number of carbonyl (C=O) groups is 1. The predicted octanol–water partition coefficient (Wildman–Crippen LogP) is 4.03. The summed E-state index contributed by atoms with van der Waals surface area (Å²) in [7, 11) is 0. The minimum atomic E-state index is -0.280. The van der Waals surface area contributed by atoms with Gasteiger partial charge in [-0.3, -0.25) is 9.78 Å². The molecule has 0 saturated heterocycles. The third-order valence-electron chi connectivity index (χ3n) is 4.06. The number of amides is 1. The second-order valence-electron chi connectivity index (χ2n) is 7.25. The Labute approximate surface area is 159 Å². The zero-order valence-corrected chi connectivity index (χ0v) is 15.7. The SMILES string of the molecule is CC(C)(C)c1ccccc1NC(=O)c1cnc(NCc2cccnc2)cn1. The van der Waals surface area contributed by atoms with Crippen LogP contribution in [0.5, 0.6) is 0 Å². The quantitative estimate of drug-likeness (QED) is 0.717. The van der Waals surface area contributed by atoms with Crippen molar-refractivity contribution >= 4 is 17.4 Å². The number of aromatic nitrogens is 3. The van der Waals surface area contributed by atoms with Crippen LogP contribution < -0.4 is 10.6 Å². The van der Waals surface area contributed by atoms with Gasteiger partial charge in [-0.05, 0) is 28.7 Å². The van der Waals surface area contributed by atoms with E-state index in [0.717, 1.165) is 16.8 Å². The number of pyridine rings is 1. The lowest BCUT2D eigenvalue weighted by molar-refractivity contribution is 0.102. The van der Waals surface area contributed by atoms with E-state index in [-0.39, 0.29) is 17.0 Å². The van der Waals surface area contributed by atoms with Crippen LogP contribution in [0.2, 0.25) is 0 Å². The summed E-state index contributed by atoms with van der Waals surface area (Å²) >= 11 is 0. The molecule has 0 radical (unpaired) electrons. The third-order valence-corrected chi connectivity index (χ3v) is 4.06. The normalized spacial score (nSPS) is 11.1. The fraction of sp³-hybridized carbons (Fsp3) is 0.238. The van der Waals surface area contributed by atoms with Crippen molar-refractivity contribution in [1.82, 2.24) is 15.0 Å². The molecule has 0 aliphatic rings. The van der Waals surface area contributed by atoms with Crippen molar-refractivity contribution in [1.29, 1.82) is 0 Å². The first-order valence-corrected chi connectivity index (χ1v) is 8.79. The monoisotopic (exact) mass is 361 g/mol. The Morgan fingerprint density at radius 3 is 2.48 bits per heavy atom. The van der Waals surface area contributed by atoms with Gasteiger partial charge in [-0.25, -0.2) is 9.97 Å². The Morgan fingerprint density at radius 2 is 1.81 bits per heavy atom. The van der Waals surface area contributed by atoms with E-state index in [4.69, 9.17) is 0 Å². The summed E-state index contributed by atoms with van der Waals surface area (Å²) in [4.78, 5) is 25.1. The summed E-state index contributed by atoms with van der Waals surface area (Å²) in [6.07, 6.45) is 6.55. The summed E-state index contributed by atoms with van der Waals surface area (Å²) in [6, 6.07) is 11.6. The van der Waals surface area contributed by atoms with Crippen LogP contribution in [0.15, 0.2) is 61.2 Å². The largest absolute Gasteiger partial charge is 0.365 e. The molecule has 2 aromatic heterocycles. The number of carbonyl (C=O) groups excluding carboxylic acids is 1. The smallest absolute Gasteiger partial charge is 0.275 e. The van der Waals surface area contributed by atoms with E-state index in [9.17, 15) is 4.79 Å². The van der Waals surface area contributed by atoms with Crippen LogP contribution in [-0.4, -0.2) is 20.9 Å². The van der Waals surface area contributed by atoms with Crippen molar-refractivity contribution in [2.75, 3.05) is 10.6 Å². The van der Waals surface area contributed by atoms with Crippen molar-refractivity contribution in [3.63, 3.8) is 0 Å². The number of hydrogen-bond donors (Lipinski definition) is 2. The first-order valence-electron chi connectivity index (χ1n) is 8.79. The summed E-state index contributed by atoms with van der Waals surface area (Å²) in [6.45, 7) is 6.93. The Bertz CT molecular complexity index is 902. The van der Waals surface area contributed by atoms with Crippen LogP contribution in [0, 0.1) is 0 Å². The highest BCUT2D eigenvalue weighted by atomic mass is 16.1. The van der Waals surface area contributed by atoms with Gasteiger partial charge in [-0.1, -0.05) is 45.0 Å². The van der Waals surface area contributed by atoms with Crippen LogP contribution >= 0.6 is 0 Å². The zero-order valence-electron chi connectivity index (χ0n) is 15.7. The molecule has 1 aromatic carbocycles. The number of anilines is 2. The molecular weight excluding hydrogens is 338 g/mol. The molecule has 138 valence electrons. The fourth-order valence-corrected chi connectivity index (χ4v) is 2.66. The minimum absolute atomic E-state index is 0.0738. The van der Waals surface area contributed by atoms with Gasteiger partial charge >= 0.3 is 0 Å². The maximum Gasteiger partial charge on any atom is 0.275 e. The second kappa shape index (κ2) is 7.95. The van der Waals surface area contributed by atoms with Gasteiger partial charge in [0, 0.05) is 24.6 Å². The second-order valence-corrected chi connectivity index (χ2v) is 7.25. The van der Waals surface area contributed by atoms with Crippen LogP contribution in [0.3, 0.4) is 0 Å². The van der Waals surface area contributed by atoms with Gasteiger partial charge in [0.2, 0.25) is 0 Å². The van der Waals surface area contributed by atoms with Gasteiger partial charge in [0.1, 0.15) is 11.5 Å². The van der Waals surface area contributed by atoms with E-state index < -0.39 is 0 Å². The van der Waals surface area contributed by atoms with E-state index in [1.165, 1.54) is 6.20 Å². The van der Waals surface area contributed by atoms with Crippen molar-refractivity contribution in [3.05, 3.63) is 78.0 Å². The van der Waals surface area contributed by atoms with E-state index in [2.05, 4.69) is 46.4 Å². The van der Waals surface area contributed by atoms with E-state index in [0.29, 0.717) is 12.4 Å². The molecule has 27 heavy (non-hydrogen) atoms. The van der Waals surface area contributed by atoms with E-state index in [1.54, 1.807) is 18.6 Å². The van der Waals surface area contributed by atoms with Crippen molar-refractivity contribution in [2.45, 2.75) is 32.7 Å². The average molecular weight is 361 g/mol. The molecule has 0 bridgehead atoms. The van der Waals surface area contributed by atoms with E-state index in [1.807, 2.05) is 36.4 Å². The molecule has 0 fully saturated rings. The average Bonchev–Trinajstić information content (AvgIpc) is 2.67. The molecule has 0 atom stereocenters. The molecular formula is C21H23N5O. The molecule has 3 rings (SSSR count). The molecule has 6 nitrogen and oxygen atoms in total. The van der Waals surface area contributed by atoms with Gasteiger partial charge < -0.3 is 10.6 Å². The third kappa shape index (κ3) is 4.88. The first-order chi connectivity index (χ1) is 12.9. The highest BCUT2D eigenvalue weighted by Gasteiger charge is 2.19. The number of rotatable bonds is 5. The Balaban J connectivity index is 1.66. The standard InChI is InChI=1S/C21H23N5O/c1-21(2,3)16-8-4-5-9-17(16)26-20(27)18-13-25-19(14-23-18)24-12-15-7-6-10-22-11-15/h4-11,13-14H,12H2,1-3H3,(H,24,25)(H,26,27). The number of hydrogen-bond acceptors (Lipinski definition) is 5. The van der Waals surface area contributed by atoms with Gasteiger partial charge in [0.25, 0.3) is 5.91 Å². The molecule has 0 saturated carbocycles. The highest BCUT2D eigenvalue weighted by Crippen LogP contribution is 2.29. The molecule has 1 amide bonds. The van der Waals surface area contributed by atoms with Gasteiger partial charge in [-0.15, -0.1) is 0 Å². The number of para-hydroxylation sites is 1. The predicted molar refractivity (Wildman–Crippen MR) is 107 cm³/mol. The fourth-order valence-electron chi connectivity index (χ4n) is 2.66. The molecule has 0 aliphatic carbocycles. The van der Waals surface area contributed by atoms with Crippen molar-refractivity contribution in [2.24, 2.45) is 0 Å². The Kier molecular flexibility index (Phi) is 5.45. The summed E-state index contributed by atoms with van der Waals surface area (Å²) in [5, 5.41) is 6.10. The molecule has 2 heterocycles. The summed E-state index contributed by atoms with van der Waals surface area (Å²) in [5.41, 5.74) is 3.09. The number of nitrogens with one attached hydrogen (secondary N) is 2. The number of nitrogens with zero attached hydrogens (tertiary/aromatic N) is 3. The van der Waals surface area contributed by atoms with Gasteiger partial charge in [0.15, 0.2) is 0 Å². The van der Waals surface area contributed by atoms with Crippen molar-refractivity contribution < 1.29 is 4.79 Å². The van der Waals surface area contributed by atoms with Crippen LogP contribution in [-0.2, 0) is 12.0 Å². The molecule has 6 heteroatoms. The first kappa shape index (κ1) is 18.5. The zero-order chi connectivity index (χ0) is 19.3. The van der Waals surface area contributed by atoms with E-state index >= 15 is 0 Å². The maximum atomic E-state index is 12.5. The lowest BCUT2D eigenvalue weighted by Crippen LogP contribution is -2.19.